The van der Waals surface area contributed by atoms with Gasteiger partial charge in [-0.1, -0.05) is 0 Å². The fourth-order valence-electron chi connectivity index (χ4n) is 0.421. The summed E-state index contributed by atoms with van der Waals surface area (Å²) < 4.78 is 2.00. The maximum atomic E-state index is 2.00. The van der Waals surface area contributed by atoms with Crippen LogP contribution in [0, 0.1) is 0 Å². The summed E-state index contributed by atoms with van der Waals surface area (Å²) in [6, 6.07) is 4.00. The van der Waals surface area contributed by atoms with Crippen molar-refractivity contribution >= 4 is 12.4 Å². The maximum absolute atomic E-state index is 2.00. The van der Waals surface area contributed by atoms with Gasteiger partial charge in [-0.2, -0.15) is 0 Å². The fourth-order valence-corrected chi connectivity index (χ4v) is 0.421. The van der Waals surface area contributed by atoms with Gasteiger partial charge in [-0.25, -0.2) is 0 Å². The van der Waals surface area contributed by atoms with Crippen LogP contribution in [0.3, 0.4) is 0 Å². The number of hydrogen-bond donors (Lipinski definition) is 0. The molecule has 1 rings (SSSR count). The lowest BCUT2D eigenvalue weighted by Gasteiger charge is -1.79. The van der Waals surface area contributed by atoms with Gasteiger partial charge in [-0.05, 0) is 12.1 Å². The van der Waals surface area contributed by atoms with E-state index in [4.69, 9.17) is 0 Å². The van der Waals surface area contributed by atoms with Crippen LogP contribution in [0.4, 0.5) is 0 Å². The summed E-state index contributed by atoms with van der Waals surface area (Å²) in [6.45, 7) is 0. The van der Waals surface area contributed by atoms with E-state index >= 15 is 0 Å². The predicted molar refractivity (Wildman–Crippen MR) is 32.7 cm³/mol. The average Bonchev–Trinajstić information content (AvgIpc) is 1.86. The molecule has 0 spiro atoms. The SMILES string of the molecule is Cl.Cn1cccc1. The third-order valence-electron chi connectivity index (χ3n) is 0.754. The first-order valence-corrected chi connectivity index (χ1v) is 1.96. The molecule has 1 nitrogen and oxygen atoms in total. The minimum absolute atomic E-state index is 0. The van der Waals surface area contributed by atoms with E-state index in [9.17, 15) is 0 Å². The first-order valence-electron chi connectivity index (χ1n) is 1.96. The zero-order valence-electron chi connectivity index (χ0n) is 4.16. The van der Waals surface area contributed by atoms with Crippen molar-refractivity contribution in [3.63, 3.8) is 0 Å². The number of hydrogen-bond acceptors (Lipinski definition) is 0. The lowest BCUT2D eigenvalue weighted by Crippen LogP contribution is -1.75. The van der Waals surface area contributed by atoms with Gasteiger partial charge in [0.15, 0.2) is 0 Å². The van der Waals surface area contributed by atoms with E-state index in [0.29, 0.717) is 0 Å². The van der Waals surface area contributed by atoms with E-state index in [0.717, 1.165) is 0 Å². The van der Waals surface area contributed by atoms with Gasteiger partial charge in [0.05, 0.1) is 0 Å². The second kappa shape index (κ2) is 2.69. The van der Waals surface area contributed by atoms with E-state index in [1.807, 2.05) is 36.1 Å². The molecule has 0 bridgehead atoms. The van der Waals surface area contributed by atoms with Crippen molar-refractivity contribution in [1.29, 1.82) is 0 Å². The molecule has 0 aliphatic heterocycles. The molecule has 40 valence electrons. The molecule has 0 atom stereocenters. The third-order valence-corrected chi connectivity index (χ3v) is 0.754. The minimum Gasteiger partial charge on any atom is -0.357 e. The van der Waals surface area contributed by atoms with Gasteiger partial charge in [-0.3, -0.25) is 0 Å². The van der Waals surface area contributed by atoms with E-state index in [1.54, 1.807) is 0 Å². The average molecular weight is 118 g/mol. The van der Waals surface area contributed by atoms with Gasteiger partial charge >= 0.3 is 0 Å². The summed E-state index contributed by atoms with van der Waals surface area (Å²) in [5.74, 6) is 0. The number of rotatable bonds is 0. The molecule has 7 heavy (non-hydrogen) atoms. The molecular formula is C5H8ClN. The Kier molecular flexibility index (Phi) is 2.53. The van der Waals surface area contributed by atoms with Crippen molar-refractivity contribution in [2.24, 2.45) is 7.05 Å². The molecule has 0 amide bonds. The first kappa shape index (κ1) is 6.57. The van der Waals surface area contributed by atoms with Crippen LogP contribution < -0.4 is 0 Å². The van der Waals surface area contributed by atoms with Crippen molar-refractivity contribution in [2.45, 2.75) is 0 Å². The summed E-state index contributed by atoms with van der Waals surface area (Å²) in [6.07, 6.45) is 4.00. The Labute approximate surface area is 49.4 Å². The molecule has 1 aromatic rings. The first-order chi connectivity index (χ1) is 2.89. The van der Waals surface area contributed by atoms with Crippen LogP contribution in [-0.4, -0.2) is 4.57 Å². The summed E-state index contributed by atoms with van der Waals surface area (Å²) in [7, 11) is 2.00. The van der Waals surface area contributed by atoms with Crippen LogP contribution in [0.1, 0.15) is 0 Å². The highest BCUT2D eigenvalue weighted by Crippen LogP contribution is 1.80. The van der Waals surface area contributed by atoms with Crippen LogP contribution in [0.2, 0.25) is 0 Å². The quantitative estimate of drug-likeness (QED) is 0.485. The normalized spacial score (nSPS) is 7.57. The number of nitrogens with zero attached hydrogens (tertiary/aromatic N) is 1. The van der Waals surface area contributed by atoms with Crippen molar-refractivity contribution in [3.8, 4) is 0 Å². The Morgan fingerprint density at radius 2 is 1.57 bits per heavy atom. The van der Waals surface area contributed by atoms with E-state index in [1.165, 1.54) is 0 Å². The Hall–Kier alpha value is -0.430. The molecule has 0 fully saturated rings. The van der Waals surface area contributed by atoms with E-state index in [2.05, 4.69) is 0 Å². The summed E-state index contributed by atoms with van der Waals surface area (Å²) in [4.78, 5) is 0. The Bertz CT molecular complexity index is 112. The summed E-state index contributed by atoms with van der Waals surface area (Å²) in [5.41, 5.74) is 0. The largest absolute Gasteiger partial charge is 0.357 e. The maximum Gasteiger partial charge on any atom is 0.0106 e. The van der Waals surface area contributed by atoms with Gasteiger partial charge in [0.2, 0.25) is 0 Å². The molecule has 2 heteroatoms. The Balaban J connectivity index is 0.000000360. The second-order valence-corrected chi connectivity index (χ2v) is 1.35. The molecular weight excluding hydrogens is 110 g/mol. The topological polar surface area (TPSA) is 4.93 Å². The van der Waals surface area contributed by atoms with Crippen LogP contribution in [-0.2, 0) is 7.05 Å². The lowest BCUT2D eigenvalue weighted by molar-refractivity contribution is 0.928. The Morgan fingerprint density at radius 3 is 1.71 bits per heavy atom. The smallest absolute Gasteiger partial charge is 0.0106 e. The zero-order chi connectivity index (χ0) is 4.41. The molecule has 0 unspecified atom stereocenters. The second-order valence-electron chi connectivity index (χ2n) is 1.35. The highest BCUT2D eigenvalue weighted by molar-refractivity contribution is 5.85. The molecule has 0 radical (unpaired) electrons. The molecule has 0 N–H and O–H groups in total. The predicted octanol–water partition coefficient (Wildman–Crippen LogP) is 1.45. The number of aryl methyl sites for hydroxylation is 1. The number of aromatic nitrogens is 1. The van der Waals surface area contributed by atoms with Gasteiger partial charge in [-0.15, -0.1) is 12.4 Å². The van der Waals surface area contributed by atoms with Crippen molar-refractivity contribution in [3.05, 3.63) is 24.5 Å². The summed E-state index contributed by atoms with van der Waals surface area (Å²) in [5, 5.41) is 0. The lowest BCUT2D eigenvalue weighted by atomic mass is 10.7. The Morgan fingerprint density at radius 1 is 1.14 bits per heavy atom. The number of halogens is 1. The van der Waals surface area contributed by atoms with Crippen molar-refractivity contribution in [2.75, 3.05) is 0 Å². The van der Waals surface area contributed by atoms with Crippen LogP contribution in [0.15, 0.2) is 24.5 Å². The third kappa shape index (κ3) is 1.64. The molecule has 0 aliphatic rings. The molecule has 0 saturated carbocycles. The molecule has 0 saturated heterocycles. The van der Waals surface area contributed by atoms with Gasteiger partial charge in [0.1, 0.15) is 0 Å². The van der Waals surface area contributed by atoms with Crippen LogP contribution in [0.5, 0.6) is 0 Å². The highest BCUT2D eigenvalue weighted by atomic mass is 35.5. The van der Waals surface area contributed by atoms with E-state index < -0.39 is 0 Å². The van der Waals surface area contributed by atoms with E-state index in [-0.39, 0.29) is 12.4 Å². The minimum atomic E-state index is 0. The monoisotopic (exact) mass is 117 g/mol. The van der Waals surface area contributed by atoms with Crippen molar-refractivity contribution < 1.29 is 0 Å². The van der Waals surface area contributed by atoms with Crippen molar-refractivity contribution in [1.82, 2.24) is 4.57 Å². The molecule has 1 heterocycles. The molecule has 1 aromatic heterocycles. The van der Waals surface area contributed by atoms with Crippen LogP contribution >= 0.6 is 12.4 Å². The zero-order valence-corrected chi connectivity index (χ0v) is 4.98. The highest BCUT2D eigenvalue weighted by Gasteiger charge is 1.68. The summed E-state index contributed by atoms with van der Waals surface area (Å²) >= 11 is 0. The fraction of sp³-hybridized carbons (Fsp3) is 0.200. The van der Waals surface area contributed by atoms with Gasteiger partial charge < -0.3 is 4.57 Å². The van der Waals surface area contributed by atoms with Gasteiger partial charge in [0.25, 0.3) is 0 Å². The molecule has 0 aliphatic carbocycles. The van der Waals surface area contributed by atoms with Crippen LogP contribution in [0.25, 0.3) is 0 Å². The van der Waals surface area contributed by atoms with Gasteiger partial charge in [0, 0.05) is 19.4 Å². The molecule has 0 aromatic carbocycles. The standard InChI is InChI=1S/C5H7N.ClH/c1-6-4-2-3-5-6;/h2-5H,1H3;1H.